The molecule has 1 amide bonds. The molecule has 2 rings (SSSR count). The van der Waals surface area contributed by atoms with E-state index in [-0.39, 0.29) is 45.0 Å². The van der Waals surface area contributed by atoms with Gasteiger partial charge in [0.1, 0.15) is 11.5 Å². The Hall–Kier alpha value is -3.62. The van der Waals surface area contributed by atoms with Crippen molar-refractivity contribution in [2.24, 2.45) is 10.5 Å². The minimum atomic E-state index is -0.638. The van der Waals surface area contributed by atoms with E-state index >= 15 is 0 Å². The lowest BCUT2D eigenvalue weighted by atomic mass is 9.72. The highest BCUT2D eigenvalue weighted by Crippen LogP contribution is 2.39. The molecule has 0 aliphatic carbocycles. The van der Waals surface area contributed by atoms with Gasteiger partial charge in [-0.25, -0.2) is 5.43 Å². The molecule has 0 aromatic heterocycles. The summed E-state index contributed by atoms with van der Waals surface area (Å²) in [5.74, 6) is -0.824. The fourth-order valence-corrected chi connectivity index (χ4v) is 3.83. The lowest BCUT2D eigenvalue weighted by molar-refractivity contribution is -0.385. The zero-order valence-electron chi connectivity index (χ0n) is 19.8. The molecule has 0 fully saturated rings. The van der Waals surface area contributed by atoms with Crippen LogP contribution in [0.3, 0.4) is 0 Å². The van der Waals surface area contributed by atoms with Gasteiger partial charge in [0.05, 0.1) is 10.6 Å². The molecule has 9 nitrogen and oxygen atoms in total. The van der Waals surface area contributed by atoms with E-state index in [1.54, 1.807) is 13.0 Å². The minimum Gasteiger partial charge on any atom is -0.508 e. The van der Waals surface area contributed by atoms with Gasteiger partial charge in [-0.2, -0.15) is 5.10 Å². The fourth-order valence-electron chi connectivity index (χ4n) is 3.83. The van der Waals surface area contributed by atoms with Crippen molar-refractivity contribution in [3.8, 4) is 17.2 Å². The number of rotatable bonds is 8. The number of hydrogen-bond donors (Lipinski definition) is 3. The highest BCUT2D eigenvalue weighted by molar-refractivity contribution is 6.01. The first-order valence-corrected chi connectivity index (χ1v) is 10.5. The number of hydrogen-bond acceptors (Lipinski definition) is 7. The highest BCUT2D eigenvalue weighted by Gasteiger charge is 2.30. The molecule has 3 N–H and O–H groups in total. The largest absolute Gasteiger partial charge is 0.508 e. The molecule has 0 heterocycles. The molecule has 0 aliphatic heterocycles. The number of aromatic hydroxyl groups is 2. The molecule has 0 saturated heterocycles. The molecule has 33 heavy (non-hydrogen) atoms. The Bertz CT molecular complexity index is 1070. The van der Waals surface area contributed by atoms with Gasteiger partial charge in [0.15, 0.2) is 12.4 Å². The van der Waals surface area contributed by atoms with Gasteiger partial charge in [-0.1, -0.05) is 40.7 Å². The number of carbonyl (C=O) groups excluding carboxylic acids is 1. The third-order valence-corrected chi connectivity index (χ3v) is 4.99. The molecular formula is C24H31N3O6. The maximum atomic E-state index is 12.1. The summed E-state index contributed by atoms with van der Waals surface area (Å²) in [6.45, 7) is 11.5. The maximum Gasteiger partial charge on any atom is 0.311 e. The van der Waals surface area contributed by atoms with Crippen LogP contribution in [0.2, 0.25) is 0 Å². The lowest BCUT2D eigenvalue weighted by Gasteiger charge is -2.33. The molecular weight excluding hydrogens is 426 g/mol. The van der Waals surface area contributed by atoms with Crippen LogP contribution in [0.5, 0.6) is 17.2 Å². The number of hydrazone groups is 1. The molecule has 9 heteroatoms. The van der Waals surface area contributed by atoms with Gasteiger partial charge in [-0.05, 0) is 54.0 Å². The number of nitrogens with one attached hydrogen (secondary N) is 1. The van der Waals surface area contributed by atoms with E-state index in [0.29, 0.717) is 0 Å². The first-order valence-electron chi connectivity index (χ1n) is 10.5. The Morgan fingerprint density at radius 1 is 1.12 bits per heavy atom. The Labute approximate surface area is 193 Å². The van der Waals surface area contributed by atoms with E-state index in [4.69, 9.17) is 4.74 Å². The molecule has 0 spiro atoms. The van der Waals surface area contributed by atoms with E-state index in [2.05, 4.69) is 31.3 Å². The van der Waals surface area contributed by atoms with Crippen molar-refractivity contribution in [1.29, 1.82) is 0 Å². The third-order valence-electron chi connectivity index (χ3n) is 4.99. The summed E-state index contributed by atoms with van der Waals surface area (Å²) < 4.78 is 5.40. The molecule has 0 unspecified atom stereocenters. The SMILES string of the molecule is C/C(=N/NC(=O)COc1ccc(C(C)(C)CC(C)(C)C)cc1[N+](=O)[O-])c1cc(O)ccc1O. The summed E-state index contributed by atoms with van der Waals surface area (Å²) in [6, 6.07) is 8.71. The zero-order valence-corrected chi connectivity index (χ0v) is 19.8. The number of ether oxygens (including phenoxy) is 1. The summed E-state index contributed by atoms with van der Waals surface area (Å²) in [7, 11) is 0. The van der Waals surface area contributed by atoms with Gasteiger partial charge in [-0.3, -0.25) is 14.9 Å². The number of phenols is 2. The quantitative estimate of drug-likeness (QED) is 0.229. The van der Waals surface area contributed by atoms with Crippen molar-refractivity contribution in [3.05, 3.63) is 57.6 Å². The minimum absolute atomic E-state index is 0.0169. The molecule has 0 atom stereocenters. The Kier molecular flexibility index (Phi) is 7.68. The van der Waals surface area contributed by atoms with Crippen LogP contribution in [-0.2, 0) is 10.2 Å². The number of nitro groups is 1. The number of phenolic OH excluding ortho intramolecular Hbond substituents is 2. The van der Waals surface area contributed by atoms with Crippen molar-refractivity contribution >= 4 is 17.3 Å². The van der Waals surface area contributed by atoms with Gasteiger partial charge in [0, 0.05) is 11.6 Å². The second kappa shape index (κ2) is 9.89. The molecule has 178 valence electrons. The van der Waals surface area contributed by atoms with Gasteiger partial charge in [0.25, 0.3) is 5.91 Å². The van der Waals surface area contributed by atoms with Gasteiger partial charge in [0.2, 0.25) is 0 Å². The van der Waals surface area contributed by atoms with Crippen LogP contribution in [0.25, 0.3) is 0 Å². The van der Waals surface area contributed by atoms with Gasteiger partial charge < -0.3 is 14.9 Å². The predicted molar refractivity (Wildman–Crippen MR) is 126 cm³/mol. The van der Waals surface area contributed by atoms with E-state index < -0.39 is 17.4 Å². The number of carbonyl (C=O) groups is 1. The molecule has 0 radical (unpaired) electrons. The van der Waals surface area contributed by atoms with Crippen LogP contribution < -0.4 is 10.2 Å². The second-order valence-electron chi connectivity index (χ2n) is 9.78. The van der Waals surface area contributed by atoms with Crippen LogP contribution >= 0.6 is 0 Å². The van der Waals surface area contributed by atoms with Crippen molar-refractivity contribution < 1.29 is 24.7 Å². The van der Waals surface area contributed by atoms with Gasteiger partial charge in [-0.15, -0.1) is 0 Å². The van der Waals surface area contributed by atoms with E-state index in [1.165, 1.54) is 30.3 Å². The average molecular weight is 458 g/mol. The van der Waals surface area contributed by atoms with Crippen LogP contribution in [0.15, 0.2) is 41.5 Å². The smallest absolute Gasteiger partial charge is 0.311 e. The second-order valence-corrected chi connectivity index (χ2v) is 9.78. The summed E-state index contributed by atoms with van der Waals surface area (Å²) in [4.78, 5) is 23.2. The number of amides is 1. The van der Waals surface area contributed by atoms with Crippen molar-refractivity contribution in [2.75, 3.05) is 6.61 Å². The molecule has 0 aliphatic rings. The molecule has 0 bridgehead atoms. The van der Waals surface area contributed by atoms with E-state index in [9.17, 15) is 25.1 Å². The van der Waals surface area contributed by atoms with Crippen molar-refractivity contribution in [1.82, 2.24) is 5.43 Å². The lowest BCUT2D eigenvalue weighted by Crippen LogP contribution is -2.26. The number of nitro benzene ring substituents is 1. The first-order chi connectivity index (χ1) is 15.2. The van der Waals surface area contributed by atoms with Crippen LogP contribution in [0.4, 0.5) is 5.69 Å². The summed E-state index contributed by atoms with van der Waals surface area (Å²) in [5.41, 5.74) is 3.13. The normalized spacial score (nSPS) is 12.4. The van der Waals surface area contributed by atoms with Crippen molar-refractivity contribution in [2.45, 2.75) is 53.4 Å². The van der Waals surface area contributed by atoms with Crippen LogP contribution in [0, 0.1) is 15.5 Å². The predicted octanol–water partition coefficient (Wildman–Crippen LogP) is 4.64. The topological polar surface area (TPSA) is 134 Å². The van der Waals surface area contributed by atoms with Crippen molar-refractivity contribution in [3.63, 3.8) is 0 Å². The molecule has 0 saturated carbocycles. The van der Waals surface area contributed by atoms with Crippen LogP contribution in [0.1, 0.15) is 59.1 Å². The number of nitrogens with zero attached hydrogens (tertiary/aromatic N) is 2. The molecule has 2 aromatic carbocycles. The zero-order chi connectivity index (χ0) is 25.0. The standard InChI is InChI=1S/C24H31N3O6/c1-15(18-12-17(28)8-9-20(18)29)25-26-22(30)13-33-21-10-7-16(11-19(21)27(31)32)24(5,6)14-23(2,3)4/h7-12,28-29H,13-14H2,1-6H3,(H,26,30)/b25-15-. The average Bonchev–Trinajstić information content (AvgIpc) is 2.70. The van der Waals surface area contributed by atoms with Gasteiger partial charge >= 0.3 is 5.69 Å². The van der Waals surface area contributed by atoms with Crippen LogP contribution in [-0.4, -0.2) is 33.4 Å². The first kappa shape index (κ1) is 25.6. The monoisotopic (exact) mass is 457 g/mol. The molecule has 2 aromatic rings. The Morgan fingerprint density at radius 3 is 2.39 bits per heavy atom. The Balaban J connectivity index is 2.12. The van der Waals surface area contributed by atoms with E-state index in [0.717, 1.165) is 12.0 Å². The Morgan fingerprint density at radius 2 is 1.79 bits per heavy atom. The maximum absolute atomic E-state index is 12.1. The summed E-state index contributed by atoms with van der Waals surface area (Å²) in [5, 5.41) is 34.9. The summed E-state index contributed by atoms with van der Waals surface area (Å²) >= 11 is 0. The highest BCUT2D eigenvalue weighted by atomic mass is 16.6. The summed E-state index contributed by atoms with van der Waals surface area (Å²) in [6.07, 6.45) is 0.825. The third kappa shape index (κ3) is 7.20. The number of benzene rings is 2. The van der Waals surface area contributed by atoms with E-state index in [1.807, 2.05) is 13.8 Å². The fraction of sp³-hybridized carbons (Fsp3) is 0.417.